The van der Waals surface area contributed by atoms with E-state index in [9.17, 15) is 13.5 Å². The van der Waals surface area contributed by atoms with Crippen LogP contribution >= 0.6 is 11.6 Å². The third kappa shape index (κ3) is 5.42. The molecule has 0 aliphatic carbocycles. The molecule has 0 spiro atoms. The molecule has 8 heteroatoms. The quantitative estimate of drug-likeness (QED) is 0.740. The second-order valence-electron chi connectivity index (χ2n) is 4.88. The van der Waals surface area contributed by atoms with Gasteiger partial charge >= 0.3 is 0 Å². The molecule has 1 aromatic rings. The highest BCUT2D eigenvalue weighted by Gasteiger charge is 2.25. The van der Waals surface area contributed by atoms with Gasteiger partial charge in [-0.25, -0.2) is 18.1 Å². The monoisotopic (exact) mass is 307 g/mol. The van der Waals surface area contributed by atoms with Gasteiger partial charge in [0, 0.05) is 19.3 Å². The molecule has 1 atom stereocenters. The molecule has 0 bridgehead atoms. The molecule has 1 unspecified atom stereocenters. The fourth-order valence-electron chi connectivity index (χ4n) is 1.59. The van der Waals surface area contributed by atoms with Crippen LogP contribution in [0.3, 0.4) is 0 Å². The zero-order valence-corrected chi connectivity index (χ0v) is 12.7. The number of likely N-dealkylation sites (N-methyl/N-ethyl adjacent to an activating group) is 1. The molecule has 0 radical (unpaired) electrons. The summed E-state index contributed by atoms with van der Waals surface area (Å²) < 4.78 is 26.3. The molecule has 6 nitrogen and oxygen atoms in total. The van der Waals surface area contributed by atoms with Crippen molar-refractivity contribution in [1.29, 1.82) is 0 Å². The first-order chi connectivity index (χ1) is 8.62. The molecule has 0 aromatic carbocycles. The van der Waals surface area contributed by atoms with Crippen LogP contribution in [0.2, 0.25) is 5.15 Å². The summed E-state index contributed by atoms with van der Waals surface area (Å²) in [6.45, 7) is 1.82. The van der Waals surface area contributed by atoms with E-state index in [0.717, 1.165) is 0 Å². The standard InChI is InChI=1S/C11H18ClN3O3S/c1-11(16,8-15(2)3)7-14-19(17,18)9-4-5-10(12)13-6-9/h4-6,14,16H,7-8H2,1-3H3. The van der Waals surface area contributed by atoms with Crippen molar-refractivity contribution < 1.29 is 13.5 Å². The van der Waals surface area contributed by atoms with Crippen LogP contribution in [-0.2, 0) is 10.0 Å². The number of hydrogen-bond donors (Lipinski definition) is 2. The van der Waals surface area contributed by atoms with Crippen molar-refractivity contribution in [3.8, 4) is 0 Å². The summed E-state index contributed by atoms with van der Waals surface area (Å²) in [7, 11) is -0.100. The van der Waals surface area contributed by atoms with Crippen molar-refractivity contribution in [1.82, 2.24) is 14.6 Å². The molecule has 108 valence electrons. The van der Waals surface area contributed by atoms with Gasteiger partial charge in [0.2, 0.25) is 10.0 Å². The smallest absolute Gasteiger partial charge is 0.242 e. The molecule has 0 saturated carbocycles. The van der Waals surface area contributed by atoms with E-state index in [0.29, 0.717) is 6.54 Å². The van der Waals surface area contributed by atoms with Gasteiger partial charge in [-0.05, 0) is 33.2 Å². The number of rotatable bonds is 6. The van der Waals surface area contributed by atoms with Crippen LogP contribution < -0.4 is 4.72 Å². The van der Waals surface area contributed by atoms with E-state index in [1.165, 1.54) is 18.3 Å². The van der Waals surface area contributed by atoms with E-state index in [1.54, 1.807) is 25.9 Å². The van der Waals surface area contributed by atoms with Crippen LogP contribution in [0.15, 0.2) is 23.2 Å². The third-order valence-corrected chi connectivity index (χ3v) is 3.92. The molecule has 0 amide bonds. The summed E-state index contributed by atoms with van der Waals surface area (Å²) >= 11 is 5.60. The van der Waals surface area contributed by atoms with Gasteiger partial charge in [0.1, 0.15) is 10.0 Å². The summed E-state index contributed by atoms with van der Waals surface area (Å²) in [5, 5.41) is 10.3. The van der Waals surface area contributed by atoms with E-state index in [2.05, 4.69) is 9.71 Å². The Morgan fingerprint density at radius 1 is 1.47 bits per heavy atom. The summed E-state index contributed by atoms with van der Waals surface area (Å²) in [6.07, 6.45) is 1.17. The summed E-state index contributed by atoms with van der Waals surface area (Å²) in [6, 6.07) is 2.76. The Balaban J connectivity index is 2.73. The topological polar surface area (TPSA) is 82.5 Å². The van der Waals surface area contributed by atoms with Gasteiger partial charge < -0.3 is 10.0 Å². The zero-order valence-electron chi connectivity index (χ0n) is 11.1. The number of hydrogen-bond acceptors (Lipinski definition) is 5. The van der Waals surface area contributed by atoms with Gasteiger partial charge in [-0.15, -0.1) is 0 Å². The Bertz CT molecular complexity index is 514. The molecule has 1 heterocycles. The van der Waals surface area contributed by atoms with Crippen molar-refractivity contribution in [3.63, 3.8) is 0 Å². The number of aliphatic hydroxyl groups is 1. The first kappa shape index (κ1) is 16.3. The fraction of sp³-hybridized carbons (Fsp3) is 0.545. The first-order valence-electron chi connectivity index (χ1n) is 5.61. The number of halogens is 1. The Kier molecular flexibility index (Phi) is 5.28. The Hall–Kier alpha value is -0.730. The van der Waals surface area contributed by atoms with Crippen molar-refractivity contribution in [2.45, 2.75) is 17.4 Å². The van der Waals surface area contributed by atoms with Crippen LogP contribution in [-0.4, -0.2) is 56.2 Å². The summed E-state index contributed by atoms with van der Waals surface area (Å²) in [5.74, 6) is 0. The maximum Gasteiger partial charge on any atom is 0.242 e. The Morgan fingerprint density at radius 3 is 2.58 bits per heavy atom. The van der Waals surface area contributed by atoms with E-state index in [1.807, 2.05) is 0 Å². The second-order valence-corrected chi connectivity index (χ2v) is 7.03. The van der Waals surface area contributed by atoms with Crippen molar-refractivity contribution in [3.05, 3.63) is 23.5 Å². The van der Waals surface area contributed by atoms with Crippen molar-refractivity contribution in [2.24, 2.45) is 0 Å². The highest BCUT2D eigenvalue weighted by Crippen LogP contribution is 2.12. The van der Waals surface area contributed by atoms with Gasteiger partial charge in [-0.1, -0.05) is 11.6 Å². The second kappa shape index (κ2) is 6.15. The average Bonchev–Trinajstić information content (AvgIpc) is 2.26. The van der Waals surface area contributed by atoms with Crippen LogP contribution in [0, 0.1) is 0 Å². The lowest BCUT2D eigenvalue weighted by Gasteiger charge is -2.26. The van der Waals surface area contributed by atoms with Crippen LogP contribution in [0.4, 0.5) is 0 Å². The number of aromatic nitrogens is 1. The van der Waals surface area contributed by atoms with Gasteiger partial charge in [0.15, 0.2) is 0 Å². The van der Waals surface area contributed by atoms with Gasteiger partial charge in [0.05, 0.1) is 5.60 Å². The lowest BCUT2D eigenvalue weighted by molar-refractivity contribution is 0.0386. The molecule has 1 rings (SSSR count). The largest absolute Gasteiger partial charge is 0.387 e. The minimum absolute atomic E-state index is 0.0116. The number of nitrogens with one attached hydrogen (secondary N) is 1. The Labute approximate surface area is 118 Å². The highest BCUT2D eigenvalue weighted by atomic mass is 35.5. The molecular formula is C11H18ClN3O3S. The van der Waals surface area contributed by atoms with Crippen molar-refractivity contribution >= 4 is 21.6 Å². The predicted molar refractivity (Wildman–Crippen MR) is 73.6 cm³/mol. The molecule has 1 aromatic heterocycles. The molecular weight excluding hydrogens is 290 g/mol. The minimum atomic E-state index is -3.70. The maximum absolute atomic E-state index is 12.0. The summed E-state index contributed by atoms with van der Waals surface area (Å²) in [5.41, 5.74) is -1.16. The predicted octanol–water partition coefficient (Wildman–Crippen LogP) is 0.326. The number of sulfonamides is 1. The first-order valence-corrected chi connectivity index (χ1v) is 7.47. The molecule has 0 aliphatic rings. The Morgan fingerprint density at radius 2 is 2.11 bits per heavy atom. The number of pyridine rings is 1. The third-order valence-electron chi connectivity index (χ3n) is 2.31. The van der Waals surface area contributed by atoms with Crippen LogP contribution in [0.1, 0.15) is 6.92 Å². The fourth-order valence-corrected chi connectivity index (χ4v) is 2.81. The van der Waals surface area contributed by atoms with Gasteiger partial charge in [0.25, 0.3) is 0 Å². The molecule has 0 fully saturated rings. The van der Waals surface area contributed by atoms with E-state index < -0.39 is 15.6 Å². The average molecular weight is 308 g/mol. The molecule has 2 N–H and O–H groups in total. The lowest BCUT2D eigenvalue weighted by atomic mass is 10.1. The normalized spacial score (nSPS) is 15.5. The van der Waals surface area contributed by atoms with Crippen LogP contribution in [0.25, 0.3) is 0 Å². The maximum atomic E-state index is 12.0. The van der Waals surface area contributed by atoms with Gasteiger partial charge in [-0.3, -0.25) is 0 Å². The molecule has 0 saturated heterocycles. The lowest BCUT2D eigenvalue weighted by Crippen LogP contribution is -2.47. The van der Waals surface area contributed by atoms with E-state index in [-0.39, 0.29) is 16.6 Å². The highest BCUT2D eigenvalue weighted by molar-refractivity contribution is 7.89. The van der Waals surface area contributed by atoms with Gasteiger partial charge in [-0.2, -0.15) is 0 Å². The van der Waals surface area contributed by atoms with Crippen molar-refractivity contribution in [2.75, 3.05) is 27.2 Å². The zero-order chi connectivity index (χ0) is 14.7. The van der Waals surface area contributed by atoms with E-state index in [4.69, 9.17) is 11.6 Å². The summed E-state index contributed by atoms with van der Waals surface area (Å²) in [4.78, 5) is 5.50. The molecule has 19 heavy (non-hydrogen) atoms. The number of nitrogens with zero attached hydrogens (tertiary/aromatic N) is 2. The minimum Gasteiger partial charge on any atom is -0.387 e. The van der Waals surface area contributed by atoms with Crippen LogP contribution in [0.5, 0.6) is 0 Å². The SMILES string of the molecule is CN(C)CC(C)(O)CNS(=O)(=O)c1ccc(Cl)nc1. The van der Waals surface area contributed by atoms with E-state index >= 15 is 0 Å². The molecule has 0 aliphatic heterocycles.